The maximum Gasteiger partial charge on any atom is 0.309 e. The minimum absolute atomic E-state index is 0.255. The molecular formula is C16H26O4. The third-order valence-electron chi connectivity index (χ3n) is 3.60. The molecule has 0 aliphatic heterocycles. The van der Waals surface area contributed by atoms with Crippen molar-refractivity contribution in [1.29, 1.82) is 0 Å². The van der Waals surface area contributed by atoms with Crippen LogP contribution < -0.4 is 0 Å². The molecule has 0 saturated carbocycles. The Morgan fingerprint density at radius 2 is 1.30 bits per heavy atom. The highest BCUT2D eigenvalue weighted by atomic mass is 16.5. The molecule has 0 aromatic carbocycles. The molecule has 1 rings (SSSR count). The fourth-order valence-corrected chi connectivity index (χ4v) is 2.61. The van der Waals surface area contributed by atoms with E-state index in [-0.39, 0.29) is 23.8 Å². The Kier molecular flexibility index (Phi) is 8.00. The first kappa shape index (κ1) is 16.7. The van der Waals surface area contributed by atoms with Crippen molar-refractivity contribution in [2.24, 2.45) is 11.8 Å². The van der Waals surface area contributed by atoms with Crippen LogP contribution in [0.15, 0.2) is 12.2 Å². The minimum Gasteiger partial charge on any atom is -0.466 e. The molecule has 1 aliphatic carbocycles. The summed E-state index contributed by atoms with van der Waals surface area (Å²) >= 11 is 0. The van der Waals surface area contributed by atoms with Gasteiger partial charge in [-0.25, -0.2) is 0 Å². The zero-order chi connectivity index (χ0) is 14.8. The molecule has 2 unspecified atom stereocenters. The number of carbonyl (C=O) groups excluding carboxylic acids is 2. The van der Waals surface area contributed by atoms with Gasteiger partial charge in [0.2, 0.25) is 0 Å². The van der Waals surface area contributed by atoms with E-state index in [0.29, 0.717) is 26.1 Å². The molecule has 4 heteroatoms. The summed E-state index contributed by atoms with van der Waals surface area (Å²) in [5.74, 6) is -1.23. The fourth-order valence-electron chi connectivity index (χ4n) is 2.61. The molecule has 114 valence electrons. The van der Waals surface area contributed by atoms with E-state index in [1.165, 1.54) is 0 Å². The van der Waals surface area contributed by atoms with Gasteiger partial charge in [0.15, 0.2) is 0 Å². The van der Waals surface area contributed by atoms with Crippen molar-refractivity contribution < 1.29 is 19.1 Å². The van der Waals surface area contributed by atoms with E-state index >= 15 is 0 Å². The fraction of sp³-hybridized carbons (Fsp3) is 0.750. The smallest absolute Gasteiger partial charge is 0.309 e. The van der Waals surface area contributed by atoms with Gasteiger partial charge in [0, 0.05) is 0 Å². The predicted molar refractivity (Wildman–Crippen MR) is 77.1 cm³/mol. The van der Waals surface area contributed by atoms with Crippen molar-refractivity contribution >= 4 is 11.9 Å². The summed E-state index contributed by atoms with van der Waals surface area (Å²) in [6.45, 7) is 4.29. The standard InChI is InChI=1S/C16H26O4/c1-3-19-15(17)13-11-9-7-5-6-8-10-12-14(13)16(18)20-4-2/h5-6,13-14H,3-4,7-12H2,1-2H3/b6-5-. The molecule has 4 nitrogen and oxygen atoms in total. The Morgan fingerprint density at radius 3 is 1.65 bits per heavy atom. The van der Waals surface area contributed by atoms with Crippen LogP contribution in [0, 0.1) is 11.8 Å². The summed E-state index contributed by atoms with van der Waals surface area (Å²) < 4.78 is 10.3. The highest BCUT2D eigenvalue weighted by Gasteiger charge is 2.35. The Hall–Kier alpha value is -1.32. The number of hydrogen-bond donors (Lipinski definition) is 0. The van der Waals surface area contributed by atoms with Crippen molar-refractivity contribution in [3.63, 3.8) is 0 Å². The van der Waals surface area contributed by atoms with Crippen LogP contribution >= 0.6 is 0 Å². The van der Waals surface area contributed by atoms with E-state index in [1.807, 2.05) is 0 Å². The van der Waals surface area contributed by atoms with Crippen LogP contribution in [0.2, 0.25) is 0 Å². The average molecular weight is 282 g/mol. The lowest BCUT2D eigenvalue weighted by Crippen LogP contribution is -2.33. The molecule has 0 saturated heterocycles. The quantitative estimate of drug-likeness (QED) is 0.586. The average Bonchev–Trinajstić information content (AvgIpc) is 2.44. The van der Waals surface area contributed by atoms with Gasteiger partial charge in [-0.05, 0) is 52.4 Å². The van der Waals surface area contributed by atoms with Gasteiger partial charge in [-0.3, -0.25) is 9.59 Å². The molecule has 0 aromatic rings. The highest BCUT2D eigenvalue weighted by molar-refractivity contribution is 5.82. The van der Waals surface area contributed by atoms with Crippen LogP contribution in [0.5, 0.6) is 0 Å². The number of allylic oxidation sites excluding steroid dienone is 2. The van der Waals surface area contributed by atoms with Crippen molar-refractivity contribution in [2.45, 2.75) is 52.4 Å². The molecule has 0 bridgehead atoms. The molecule has 0 N–H and O–H groups in total. The van der Waals surface area contributed by atoms with Crippen molar-refractivity contribution in [3.8, 4) is 0 Å². The van der Waals surface area contributed by atoms with Gasteiger partial charge < -0.3 is 9.47 Å². The predicted octanol–water partition coefficient (Wildman–Crippen LogP) is 3.26. The molecule has 20 heavy (non-hydrogen) atoms. The van der Waals surface area contributed by atoms with Crippen LogP contribution in [0.1, 0.15) is 52.4 Å². The molecule has 2 atom stereocenters. The van der Waals surface area contributed by atoms with Crippen LogP contribution in [0.25, 0.3) is 0 Å². The number of rotatable bonds is 4. The number of hydrogen-bond acceptors (Lipinski definition) is 4. The van der Waals surface area contributed by atoms with Crippen LogP contribution in [-0.4, -0.2) is 25.2 Å². The van der Waals surface area contributed by atoms with E-state index in [4.69, 9.17) is 9.47 Å². The third-order valence-corrected chi connectivity index (χ3v) is 3.60. The molecule has 0 fully saturated rings. The van der Waals surface area contributed by atoms with Gasteiger partial charge in [0.05, 0.1) is 25.0 Å². The van der Waals surface area contributed by atoms with Gasteiger partial charge in [0.1, 0.15) is 0 Å². The van der Waals surface area contributed by atoms with Gasteiger partial charge in [0.25, 0.3) is 0 Å². The lowest BCUT2D eigenvalue weighted by Gasteiger charge is -2.24. The lowest BCUT2D eigenvalue weighted by atomic mass is 9.83. The van der Waals surface area contributed by atoms with Crippen molar-refractivity contribution in [3.05, 3.63) is 12.2 Å². The van der Waals surface area contributed by atoms with Crippen LogP contribution in [-0.2, 0) is 19.1 Å². The molecule has 0 heterocycles. The van der Waals surface area contributed by atoms with Crippen molar-refractivity contribution in [2.75, 3.05) is 13.2 Å². The van der Waals surface area contributed by atoms with E-state index in [0.717, 1.165) is 25.7 Å². The number of carbonyl (C=O) groups is 2. The van der Waals surface area contributed by atoms with E-state index in [2.05, 4.69) is 12.2 Å². The van der Waals surface area contributed by atoms with Crippen LogP contribution in [0.3, 0.4) is 0 Å². The maximum absolute atomic E-state index is 12.1. The second-order valence-corrected chi connectivity index (χ2v) is 5.05. The topological polar surface area (TPSA) is 52.6 Å². The zero-order valence-corrected chi connectivity index (χ0v) is 12.6. The Balaban J connectivity index is 2.83. The lowest BCUT2D eigenvalue weighted by molar-refractivity contribution is -0.161. The number of ether oxygens (including phenoxy) is 2. The zero-order valence-electron chi connectivity index (χ0n) is 12.6. The SMILES string of the molecule is CCOC(=O)C1CCC/C=C\CCCC1C(=O)OCC. The second-order valence-electron chi connectivity index (χ2n) is 5.05. The summed E-state index contributed by atoms with van der Waals surface area (Å²) in [5.41, 5.74) is 0. The van der Waals surface area contributed by atoms with Gasteiger partial charge in [-0.2, -0.15) is 0 Å². The second kappa shape index (κ2) is 9.56. The molecular weight excluding hydrogens is 256 g/mol. The van der Waals surface area contributed by atoms with Crippen molar-refractivity contribution in [1.82, 2.24) is 0 Å². The molecule has 0 aromatic heterocycles. The summed E-state index contributed by atoms with van der Waals surface area (Å²) in [5, 5.41) is 0. The molecule has 1 aliphatic rings. The molecule has 0 amide bonds. The summed E-state index contributed by atoms with van der Waals surface area (Å²) in [7, 11) is 0. The van der Waals surface area contributed by atoms with Crippen LogP contribution in [0.4, 0.5) is 0 Å². The monoisotopic (exact) mass is 282 g/mol. The Labute approximate surface area is 121 Å². The van der Waals surface area contributed by atoms with Gasteiger partial charge in [-0.1, -0.05) is 12.2 Å². The van der Waals surface area contributed by atoms with E-state index in [1.54, 1.807) is 13.8 Å². The van der Waals surface area contributed by atoms with E-state index < -0.39 is 0 Å². The third kappa shape index (κ3) is 5.35. The van der Waals surface area contributed by atoms with E-state index in [9.17, 15) is 9.59 Å². The summed E-state index contributed by atoms with van der Waals surface area (Å²) in [6, 6.07) is 0. The first-order valence-electron chi connectivity index (χ1n) is 7.69. The Morgan fingerprint density at radius 1 is 0.900 bits per heavy atom. The highest BCUT2D eigenvalue weighted by Crippen LogP contribution is 2.28. The largest absolute Gasteiger partial charge is 0.466 e. The molecule has 0 spiro atoms. The van der Waals surface area contributed by atoms with Gasteiger partial charge >= 0.3 is 11.9 Å². The molecule has 0 radical (unpaired) electrons. The Bertz CT molecular complexity index is 303. The number of esters is 2. The normalized spacial score (nSPS) is 25.5. The first-order valence-corrected chi connectivity index (χ1v) is 7.69. The van der Waals surface area contributed by atoms with Gasteiger partial charge in [-0.15, -0.1) is 0 Å². The maximum atomic E-state index is 12.1. The minimum atomic E-state index is -0.361. The first-order chi connectivity index (χ1) is 9.70. The summed E-state index contributed by atoms with van der Waals surface area (Å²) in [4.78, 5) is 24.3. The summed E-state index contributed by atoms with van der Waals surface area (Å²) in [6.07, 6.45) is 9.39.